The molecular weight excluding hydrogens is 288 g/mol. The summed E-state index contributed by atoms with van der Waals surface area (Å²) in [6, 6.07) is 17.7. The van der Waals surface area contributed by atoms with Gasteiger partial charge in [0, 0.05) is 5.41 Å². The molecule has 24 heavy (non-hydrogen) atoms. The number of hydrogen-bond donors (Lipinski definition) is 0. The monoisotopic (exact) mass is 326 g/mol. The third kappa shape index (κ3) is 7.81. The van der Waals surface area contributed by atoms with Gasteiger partial charge in [0.2, 0.25) is 0 Å². The Labute approximate surface area is 151 Å². The van der Waals surface area contributed by atoms with Crippen molar-refractivity contribution in [3.8, 4) is 0 Å². The fourth-order valence-corrected chi connectivity index (χ4v) is 2.11. The standard InChI is InChI=1S/C17H20.C4H10.C3H8/c1-13-5-9-15(10-6-13)17(3,4)16-11-7-14(2)8-12-16;1-3-4-2;1-3-2/h5-12H,1-4H3;3-4H2,1-2H3;3H2,1-2H3. The van der Waals surface area contributed by atoms with Crippen LogP contribution in [0, 0.1) is 13.8 Å². The smallest absolute Gasteiger partial charge is 0.0146 e. The quantitative estimate of drug-likeness (QED) is 0.538. The Morgan fingerprint density at radius 3 is 1.04 bits per heavy atom. The minimum absolute atomic E-state index is 0.0708. The molecule has 0 heteroatoms. The van der Waals surface area contributed by atoms with E-state index >= 15 is 0 Å². The lowest BCUT2D eigenvalue weighted by molar-refractivity contribution is 0.640. The van der Waals surface area contributed by atoms with Gasteiger partial charge in [0.25, 0.3) is 0 Å². The molecule has 0 radical (unpaired) electrons. The average Bonchev–Trinajstić information content (AvgIpc) is 2.56. The average molecular weight is 327 g/mol. The van der Waals surface area contributed by atoms with Crippen molar-refractivity contribution in [1.29, 1.82) is 0 Å². The van der Waals surface area contributed by atoms with Gasteiger partial charge in [-0.2, -0.15) is 0 Å². The minimum atomic E-state index is 0.0708. The van der Waals surface area contributed by atoms with Gasteiger partial charge in [0.1, 0.15) is 0 Å². The van der Waals surface area contributed by atoms with E-state index in [0.717, 1.165) is 0 Å². The molecule has 0 unspecified atom stereocenters. The van der Waals surface area contributed by atoms with Gasteiger partial charge in [-0.15, -0.1) is 0 Å². The van der Waals surface area contributed by atoms with Crippen LogP contribution >= 0.6 is 0 Å². The summed E-state index contributed by atoms with van der Waals surface area (Å²) in [5, 5.41) is 0. The van der Waals surface area contributed by atoms with E-state index in [1.165, 1.54) is 41.5 Å². The molecule has 0 aliphatic rings. The van der Waals surface area contributed by atoms with Crippen molar-refractivity contribution in [2.75, 3.05) is 0 Å². The van der Waals surface area contributed by atoms with Crippen molar-refractivity contribution in [3.63, 3.8) is 0 Å². The number of unbranched alkanes of at least 4 members (excludes halogenated alkanes) is 1. The molecule has 0 heterocycles. The van der Waals surface area contributed by atoms with Crippen molar-refractivity contribution < 1.29 is 0 Å². The molecule has 0 nitrogen and oxygen atoms in total. The molecule has 2 aromatic carbocycles. The van der Waals surface area contributed by atoms with Crippen LogP contribution in [0.15, 0.2) is 48.5 Å². The van der Waals surface area contributed by atoms with Gasteiger partial charge < -0.3 is 0 Å². The molecule has 0 saturated carbocycles. The summed E-state index contributed by atoms with van der Waals surface area (Å²) >= 11 is 0. The summed E-state index contributed by atoms with van der Waals surface area (Å²) in [4.78, 5) is 0. The highest BCUT2D eigenvalue weighted by Crippen LogP contribution is 2.31. The van der Waals surface area contributed by atoms with Crippen molar-refractivity contribution in [1.82, 2.24) is 0 Å². The van der Waals surface area contributed by atoms with E-state index in [2.05, 4.69) is 104 Å². The van der Waals surface area contributed by atoms with E-state index < -0.39 is 0 Å². The zero-order valence-corrected chi connectivity index (χ0v) is 17.2. The Morgan fingerprint density at radius 2 is 0.833 bits per heavy atom. The number of aryl methyl sites for hydroxylation is 2. The maximum Gasteiger partial charge on any atom is 0.0146 e. The van der Waals surface area contributed by atoms with E-state index in [4.69, 9.17) is 0 Å². The first-order valence-corrected chi connectivity index (χ1v) is 9.47. The van der Waals surface area contributed by atoms with Crippen LogP contribution in [0.5, 0.6) is 0 Å². The fraction of sp³-hybridized carbons (Fsp3) is 0.500. The summed E-state index contributed by atoms with van der Waals surface area (Å²) in [7, 11) is 0. The molecule has 0 aliphatic carbocycles. The van der Waals surface area contributed by atoms with E-state index in [-0.39, 0.29) is 5.41 Å². The lowest BCUT2D eigenvalue weighted by atomic mass is 9.78. The van der Waals surface area contributed by atoms with Crippen LogP contribution in [-0.4, -0.2) is 0 Å². The second-order valence-electron chi connectivity index (χ2n) is 7.06. The molecule has 0 fully saturated rings. The van der Waals surface area contributed by atoms with Crippen LogP contribution in [0.3, 0.4) is 0 Å². The Balaban J connectivity index is 0.000000648. The topological polar surface area (TPSA) is 0 Å². The van der Waals surface area contributed by atoms with Crippen molar-refractivity contribution in [2.45, 2.75) is 80.1 Å². The zero-order chi connectivity index (χ0) is 18.6. The Morgan fingerprint density at radius 1 is 0.583 bits per heavy atom. The molecule has 2 aromatic rings. The van der Waals surface area contributed by atoms with Crippen molar-refractivity contribution in [2.24, 2.45) is 0 Å². The molecule has 0 spiro atoms. The van der Waals surface area contributed by atoms with Gasteiger partial charge in [-0.1, -0.05) is 120 Å². The van der Waals surface area contributed by atoms with Gasteiger partial charge in [-0.3, -0.25) is 0 Å². The maximum absolute atomic E-state index is 2.28. The molecule has 0 atom stereocenters. The Bertz CT molecular complexity index is 480. The van der Waals surface area contributed by atoms with Gasteiger partial charge in [0.15, 0.2) is 0 Å². The van der Waals surface area contributed by atoms with Crippen LogP contribution in [0.2, 0.25) is 0 Å². The Hall–Kier alpha value is -1.56. The highest BCUT2D eigenvalue weighted by molar-refractivity contribution is 5.39. The van der Waals surface area contributed by atoms with Crippen molar-refractivity contribution in [3.05, 3.63) is 70.8 Å². The highest BCUT2D eigenvalue weighted by atomic mass is 14.3. The largest absolute Gasteiger partial charge is 0.0656 e. The summed E-state index contributed by atoms with van der Waals surface area (Å²) < 4.78 is 0. The lowest BCUT2D eigenvalue weighted by Gasteiger charge is -2.26. The van der Waals surface area contributed by atoms with Gasteiger partial charge in [-0.05, 0) is 25.0 Å². The third-order valence-electron chi connectivity index (χ3n) is 4.05. The first-order chi connectivity index (χ1) is 11.3. The number of benzene rings is 2. The van der Waals surface area contributed by atoms with E-state index in [0.29, 0.717) is 0 Å². The first-order valence-electron chi connectivity index (χ1n) is 9.47. The normalized spacial score (nSPS) is 10.2. The van der Waals surface area contributed by atoms with Gasteiger partial charge in [0.05, 0.1) is 0 Å². The molecule has 0 aromatic heterocycles. The summed E-state index contributed by atoms with van der Waals surface area (Å²) in [5.41, 5.74) is 5.43. The molecule has 2 rings (SSSR count). The van der Waals surface area contributed by atoms with Crippen LogP contribution in [0.4, 0.5) is 0 Å². The molecule has 0 aliphatic heterocycles. The third-order valence-corrected chi connectivity index (χ3v) is 4.05. The maximum atomic E-state index is 2.28. The zero-order valence-electron chi connectivity index (χ0n) is 17.2. The van der Waals surface area contributed by atoms with Crippen LogP contribution in [-0.2, 0) is 5.41 Å². The van der Waals surface area contributed by atoms with Gasteiger partial charge >= 0.3 is 0 Å². The molecule has 134 valence electrons. The fourth-order valence-electron chi connectivity index (χ4n) is 2.11. The predicted molar refractivity (Wildman–Crippen MR) is 111 cm³/mol. The molecular formula is C24H38. The first kappa shape index (κ1) is 22.4. The van der Waals surface area contributed by atoms with E-state index in [1.54, 1.807) is 0 Å². The molecule has 0 saturated heterocycles. The van der Waals surface area contributed by atoms with Gasteiger partial charge in [-0.25, -0.2) is 0 Å². The van der Waals surface area contributed by atoms with Crippen LogP contribution in [0.1, 0.15) is 83.1 Å². The molecule has 0 amide bonds. The predicted octanol–water partition coefficient (Wildman–Crippen LogP) is 7.85. The summed E-state index contributed by atoms with van der Waals surface area (Å²) in [6.45, 7) is 17.4. The SMILES string of the molecule is CCC.CCCC.Cc1ccc(C(C)(C)c2ccc(C)cc2)cc1. The Kier molecular flexibility index (Phi) is 11.1. The molecule has 0 bridgehead atoms. The van der Waals surface area contributed by atoms with E-state index in [1.807, 2.05) is 0 Å². The highest BCUT2D eigenvalue weighted by Gasteiger charge is 2.22. The van der Waals surface area contributed by atoms with E-state index in [9.17, 15) is 0 Å². The summed E-state index contributed by atoms with van der Waals surface area (Å²) in [5.74, 6) is 0. The minimum Gasteiger partial charge on any atom is -0.0656 e. The molecule has 0 N–H and O–H groups in total. The van der Waals surface area contributed by atoms with Crippen molar-refractivity contribution >= 4 is 0 Å². The van der Waals surface area contributed by atoms with Crippen LogP contribution < -0.4 is 0 Å². The second kappa shape index (κ2) is 11.9. The number of hydrogen-bond acceptors (Lipinski definition) is 0. The summed E-state index contributed by atoms with van der Waals surface area (Å²) in [6.07, 6.45) is 3.89. The second-order valence-corrected chi connectivity index (χ2v) is 7.06. The number of rotatable bonds is 3. The lowest BCUT2D eigenvalue weighted by Crippen LogP contribution is -2.18. The van der Waals surface area contributed by atoms with Crippen LogP contribution in [0.25, 0.3) is 0 Å².